The summed E-state index contributed by atoms with van der Waals surface area (Å²) in [6.07, 6.45) is 0.632. The van der Waals surface area contributed by atoms with Crippen molar-refractivity contribution in [2.45, 2.75) is 12.5 Å². The highest BCUT2D eigenvalue weighted by Gasteiger charge is 2.31. The molecule has 1 atom stereocenters. The third-order valence-corrected chi connectivity index (χ3v) is 5.87. The Labute approximate surface area is 126 Å². The van der Waals surface area contributed by atoms with Crippen LogP contribution in [-0.2, 0) is 9.84 Å². The van der Waals surface area contributed by atoms with Gasteiger partial charge in [0, 0.05) is 23.1 Å². The second kappa shape index (κ2) is 5.61. The first-order chi connectivity index (χ1) is 9.34. The van der Waals surface area contributed by atoms with Crippen molar-refractivity contribution in [3.63, 3.8) is 0 Å². The molecular weight excluding hydrogens is 346 g/mol. The molecule has 1 aromatic rings. The number of halogens is 1. The van der Waals surface area contributed by atoms with E-state index in [-0.39, 0.29) is 23.4 Å². The molecule has 6 nitrogen and oxygen atoms in total. The van der Waals surface area contributed by atoms with E-state index in [1.54, 1.807) is 12.1 Å². The topological polar surface area (TPSA) is 96.0 Å². The molecule has 1 saturated heterocycles. The van der Waals surface area contributed by atoms with Gasteiger partial charge in [-0.3, -0.25) is 0 Å². The summed E-state index contributed by atoms with van der Waals surface area (Å²) in [4.78, 5) is 1.95. The van der Waals surface area contributed by atoms with Gasteiger partial charge in [-0.05, 0) is 40.5 Å². The number of oxime groups is 1. The van der Waals surface area contributed by atoms with Crippen molar-refractivity contribution < 1.29 is 13.6 Å². The summed E-state index contributed by atoms with van der Waals surface area (Å²) in [7, 11) is -1.05. The fourth-order valence-corrected chi connectivity index (χ4v) is 4.72. The summed E-state index contributed by atoms with van der Waals surface area (Å²) in [6.45, 7) is 0. The van der Waals surface area contributed by atoms with Crippen LogP contribution in [0.15, 0.2) is 27.8 Å². The average molecular weight is 362 g/mol. The second-order valence-electron chi connectivity index (χ2n) is 4.82. The molecule has 0 radical (unpaired) electrons. The lowest BCUT2D eigenvalue weighted by Crippen LogP contribution is -2.32. The van der Waals surface area contributed by atoms with Crippen LogP contribution in [0.25, 0.3) is 0 Å². The van der Waals surface area contributed by atoms with Gasteiger partial charge in [-0.25, -0.2) is 8.42 Å². The van der Waals surface area contributed by atoms with E-state index in [0.29, 0.717) is 12.0 Å². The third kappa shape index (κ3) is 3.06. The molecule has 1 aromatic carbocycles. The van der Waals surface area contributed by atoms with Crippen LogP contribution in [0.4, 0.5) is 5.69 Å². The van der Waals surface area contributed by atoms with Crippen LogP contribution in [0.3, 0.4) is 0 Å². The minimum absolute atomic E-state index is 0.0222. The number of sulfone groups is 1. The van der Waals surface area contributed by atoms with E-state index >= 15 is 0 Å². The highest BCUT2D eigenvalue weighted by atomic mass is 79.9. The van der Waals surface area contributed by atoms with Crippen LogP contribution in [0.1, 0.15) is 12.0 Å². The summed E-state index contributed by atoms with van der Waals surface area (Å²) in [5.41, 5.74) is 7.00. The molecule has 0 aliphatic carbocycles. The normalized spacial score (nSPS) is 21.9. The van der Waals surface area contributed by atoms with Crippen molar-refractivity contribution in [1.82, 2.24) is 0 Å². The Morgan fingerprint density at radius 3 is 2.75 bits per heavy atom. The van der Waals surface area contributed by atoms with Gasteiger partial charge in [-0.15, -0.1) is 0 Å². The van der Waals surface area contributed by atoms with Gasteiger partial charge in [0.1, 0.15) is 0 Å². The second-order valence-corrected chi connectivity index (χ2v) is 7.90. The largest absolute Gasteiger partial charge is 0.409 e. The average Bonchev–Trinajstić information content (AvgIpc) is 2.77. The van der Waals surface area contributed by atoms with Crippen molar-refractivity contribution in [3.8, 4) is 0 Å². The Kier molecular flexibility index (Phi) is 4.24. The van der Waals surface area contributed by atoms with Gasteiger partial charge in [0.05, 0.1) is 17.2 Å². The quantitative estimate of drug-likeness (QED) is 0.364. The number of benzene rings is 1. The summed E-state index contributed by atoms with van der Waals surface area (Å²) >= 11 is 3.44. The van der Waals surface area contributed by atoms with Gasteiger partial charge in [-0.1, -0.05) is 5.16 Å². The Balaban J connectivity index is 2.25. The molecule has 1 fully saturated rings. The van der Waals surface area contributed by atoms with Crippen LogP contribution in [-0.4, -0.2) is 44.1 Å². The molecule has 3 N–H and O–H groups in total. The first-order valence-corrected chi connectivity index (χ1v) is 8.66. The molecular formula is C12H16BrN3O3S. The van der Waals surface area contributed by atoms with Gasteiger partial charge in [-0.2, -0.15) is 0 Å². The summed E-state index contributed by atoms with van der Waals surface area (Å²) in [5, 5.41) is 11.6. The van der Waals surface area contributed by atoms with E-state index in [4.69, 9.17) is 10.9 Å². The molecule has 1 unspecified atom stereocenters. The number of rotatable bonds is 3. The highest BCUT2D eigenvalue weighted by Crippen LogP contribution is 2.30. The van der Waals surface area contributed by atoms with Crippen molar-refractivity contribution in [2.75, 3.05) is 23.5 Å². The van der Waals surface area contributed by atoms with Gasteiger partial charge in [0.15, 0.2) is 15.7 Å². The number of anilines is 1. The fraction of sp³-hybridized carbons (Fsp3) is 0.417. The number of amidine groups is 1. The Bertz CT molecular complexity index is 645. The fourth-order valence-electron chi connectivity index (χ4n) is 2.29. The van der Waals surface area contributed by atoms with Crippen molar-refractivity contribution in [2.24, 2.45) is 10.9 Å². The SMILES string of the molecule is CN(c1ccc(/C(N)=N/O)cc1Br)C1CCS(=O)(=O)C1. The Hall–Kier alpha value is -1.28. The van der Waals surface area contributed by atoms with Crippen LogP contribution in [0.2, 0.25) is 0 Å². The Morgan fingerprint density at radius 1 is 1.55 bits per heavy atom. The standard InChI is InChI=1S/C12H16BrN3O3S/c1-16(9-4-5-20(18,19)7-9)11-3-2-8(6-10(11)13)12(14)15-17/h2-3,6,9,17H,4-5,7H2,1H3,(H2,14,15). The summed E-state index contributed by atoms with van der Waals surface area (Å²) in [6, 6.07) is 5.27. The van der Waals surface area contributed by atoms with Crippen LogP contribution < -0.4 is 10.6 Å². The van der Waals surface area contributed by atoms with E-state index in [1.807, 2.05) is 18.0 Å². The maximum absolute atomic E-state index is 11.5. The molecule has 1 aliphatic heterocycles. The van der Waals surface area contributed by atoms with Crippen molar-refractivity contribution >= 4 is 37.3 Å². The highest BCUT2D eigenvalue weighted by molar-refractivity contribution is 9.10. The van der Waals surface area contributed by atoms with E-state index in [2.05, 4.69) is 21.1 Å². The molecule has 1 heterocycles. The van der Waals surface area contributed by atoms with Crippen molar-refractivity contribution in [1.29, 1.82) is 0 Å². The van der Waals surface area contributed by atoms with Gasteiger partial charge < -0.3 is 15.8 Å². The van der Waals surface area contributed by atoms with Gasteiger partial charge in [0.2, 0.25) is 0 Å². The van der Waals surface area contributed by atoms with Crippen molar-refractivity contribution in [3.05, 3.63) is 28.2 Å². The lowest BCUT2D eigenvalue weighted by molar-refractivity contribution is 0.318. The number of hydrogen-bond donors (Lipinski definition) is 2. The zero-order chi connectivity index (χ0) is 14.9. The molecule has 0 bridgehead atoms. The Morgan fingerprint density at radius 2 is 2.25 bits per heavy atom. The van der Waals surface area contributed by atoms with Crippen LogP contribution in [0.5, 0.6) is 0 Å². The summed E-state index contributed by atoms with van der Waals surface area (Å²) in [5.74, 6) is 0.447. The maximum atomic E-state index is 11.5. The molecule has 8 heteroatoms. The molecule has 1 aliphatic rings. The van der Waals surface area contributed by atoms with Gasteiger partial charge >= 0.3 is 0 Å². The predicted octanol–water partition coefficient (Wildman–Crippen LogP) is 1.17. The van der Waals surface area contributed by atoms with Crippen LogP contribution >= 0.6 is 15.9 Å². The number of hydrogen-bond acceptors (Lipinski definition) is 5. The zero-order valence-corrected chi connectivity index (χ0v) is 13.4. The smallest absolute Gasteiger partial charge is 0.170 e. The minimum atomic E-state index is -2.92. The monoisotopic (exact) mass is 361 g/mol. The minimum Gasteiger partial charge on any atom is -0.409 e. The molecule has 0 amide bonds. The lowest BCUT2D eigenvalue weighted by atomic mass is 10.1. The van der Waals surface area contributed by atoms with Crippen LogP contribution in [0, 0.1) is 0 Å². The first kappa shape index (κ1) is 15.1. The first-order valence-electron chi connectivity index (χ1n) is 6.05. The predicted molar refractivity (Wildman–Crippen MR) is 82.1 cm³/mol. The molecule has 0 spiro atoms. The van der Waals surface area contributed by atoms with E-state index in [9.17, 15) is 8.42 Å². The lowest BCUT2D eigenvalue weighted by Gasteiger charge is -2.27. The number of nitrogens with zero attached hydrogens (tertiary/aromatic N) is 2. The summed E-state index contributed by atoms with van der Waals surface area (Å²) < 4.78 is 23.9. The van der Waals surface area contributed by atoms with E-state index in [1.165, 1.54) is 0 Å². The maximum Gasteiger partial charge on any atom is 0.170 e. The molecule has 110 valence electrons. The van der Waals surface area contributed by atoms with Gasteiger partial charge in [0.25, 0.3) is 0 Å². The molecule has 20 heavy (non-hydrogen) atoms. The number of nitrogens with two attached hydrogens (primary N) is 1. The zero-order valence-electron chi connectivity index (χ0n) is 11.0. The van der Waals surface area contributed by atoms with E-state index < -0.39 is 9.84 Å². The molecule has 2 rings (SSSR count). The molecule has 0 saturated carbocycles. The van der Waals surface area contributed by atoms with E-state index in [0.717, 1.165) is 10.2 Å². The third-order valence-electron chi connectivity index (χ3n) is 3.49. The molecule has 0 aromatic heterocycles.